The van der Waals surface area contributed by atoms with Crippen molar-refractivity contribution in [3.63, 3.8) is 0 Å². The summed E-state index contributed by atoms with van der Waals surface area (Å²) in [4.78, 5) is 26.4. The Labute approximate surface area is 146 Å². The third-order valence-corrected chi connectivity index (χ3v) is 8.36. The fraction of sp³-hybridized carbons (Fsp3) is 0.500. The van der Waals surface area contributed by atoms with Gasteiger partial charge in [0.25, 0.3) is 0 Å². The predicted octanol–water partition coefficient (Wildman–Crippen LogP) is 2.52. The van der Waals surface area contributed by atoms with Crippen molar-refractivity contribution in [3.8, 4) is 5.69 Å². The summed E-state index contributed by atoms with van der Waals surface area (Å²) in [6.45, 7) is 11.7. The molecule has 1 aliphatic heterocycles. The summed E-state index contributed by atoms with van der Waals surface area (Å²) in [5.41, 5.74) is 2.37. The lowest BCUT2D eigenvalue weighted by Crippen LogP contribution is -2.70. The second-order valence-electron chi connectivity index (χ2n) is 8.32. The normalized spacial score (nSPS) is 37.9. The van der Waals surface area contributed by atoms with Crippen LogP contribution in [0.4, 0.5) is 0 Å². The van der Waals surface area contributed by atoms with Gasteiger partial charge in [0.2, 0.25) is 0 Å². The zero-order valence-electron chi connectivity index (χ0n) is 15.3. The average Bonchev–Trinajstić information content (AvgIpc) is 3.11. The Morgan fingerprint density at radius 1 is 1.00 bits per heavy atom. The quantitative estimate of drug-likeness (QED) is 0.751. The molecule has 1 aromatic carbocycles. The molecule has 2 bridgehead atoms. The first-order valence-corrected chi connectivity index (χ1v) is 8.94. The van der Waals surface area contributed by atoms with Crippen LogP contribution >= 0.6 is 0 Å². The first-order chi connectivity index (χ1) is 11.7. The van der Waals surface area contributed by atoms with Gasteiger partial charge < -0.3 is 0 Å². The highest BCUT2D eigenvalue weighted by Crippen LogP contribution is 2.82. The van der Waals surface area contributed by atoms with E-state index in [0.717, 1.165) is 0 Å². The largest absolute Gasteiger partial charge is 0.352 e. The van der Waals surface area contributed by atoms with Gasteiger partial charge in [0, 0.05) is 10.8 Å². The first kappa shape index (κ1) is 15.0. The van der Waals surface area contributed by atoms with Crippen molar-refractivity contribution in [1.29, 1.82) is 0 Å². The Hall–Kier alpha value is -2.30. The Bertz CT molecular complexity index is 1090. The van der Waals surface area contributed by atoms with Gasteiger partial charge in [0.05, 0.1) is 17.8 Å². The summed E-state index contributed by atoms with van der Waals surface area (Å²) in [6, 6.07) is 9.21. The number of benzene rings is 1. The smallest absolute Gasteiger partial charge is 0.246 e. The molecule has 6 rings (SSSR count). The van der Waals surface area contributed by atoms with E-state index in [9.17, 15) is 9.59 Å². The number of hydrogen-bond acceptors (Lipinski definition) is 2. The Balaban J connectivity index is 1.83. The van der Waals surface area contributed by atoms with Crippen LogP contribution in [0.1, 0.15) is 34.6 Å². The number of rotatable bonds is 1. The number of hydrogen-bond donors (Lipinski definition) is 0. The van der Waals surface area contributed by atoms with E-state index < -0.39 is 0 Å². The maximum atomic E-state index is 13.3. The van der Waals surface area contributed by atoms with Crippen molar-refractivity contribution < 1.29 is 0 Å². The molecule has 130 valence electrons. The topological polar surface area (TPSA) is 48.9 Å². The highest BCUT2D eigenvalue weighted by molar-refractivity contribution is 5.52. The summed E-state index contributed by atoms with van der Waals surface area (Å²) in [5.74, 6) is 0.432. The highest BCUT2D eigenvalue weighted by Gasteiger charge is 2.84. The fourth-order valence-electron chi connectivity index (χ4n) is 6.73. The van der Waals surface area contributed by atoms with Gasteiger partial charge in [-0.25, -0.2) is 23.5 Å². The maximum Gasteiger partial charge on any atom is 0.352 e. The van der Waals surface area contributed by atoms with Gasteiger partial charge in [0.1, 0.15) is 0 Å². The summed E-state index contributed by atoms with van der Waals surface area (Å²) in [5, 5.41) is 0. The molecule has 4 aliphatic rings. The monoisotopic (exact) mass is 337 g/mol. The van der Waals surface area contributed by atoms with E-state index in [2.05, 4.69) is 34.6 Å². The molecule has 5 nitrogen and oxygen atoms in total. The van der Waals surface area contributed by atoms with Gasteiger partial charge in [0.15, 0.2) is 0 Å². The average molecular weight is 337 g/mol. The Morgan fingerprint density at radius 3 is 2.24 bits per heavy atom. The van der Waals surface area contributed by atoms with E-state index in [0.29, 0.717) is 18.2 Å². The minimum atomic E-state index is -0.371. The van der Waals surface area contributed by atoms with Gasteiger partial charge >= 0.3 is 11.4 Å². The van der Waals surface area contributed by atoms with E-state index >= 15 is 0 Å². The SMILES string of the molecule is CC1=C(C)[C@]2(C)[C@H](C)[C@]13Cn1c(=O)n(-c4ccccc4)c(=O)n1[C@@]32C. The van der Waals surface area contributed by atoms with Gasteiger partial charge in [-0.1, -0.05) is 43.2 Å². The second kappa shape index (κ2) is 3.92. The lowest BCUT2D eigenvalue weighted by Gasteiger charge is -2.65. The standard InChI is InChI=1S/C20H23N3O2/c1-12-13(2)20-11-21-16(24)22(15-9-7-6-8-10-15)17(25)23(21)19(20,5)18(12,4)14(20)3/h6-10,14H,11H2,1-5H3/t14-,18+,19+,20-/m0/s1. The molecule has 25 heavy (non-hydrogen) atoms. The minimum absolute atomic E-state index is 0.0888. The third-order valence-electron chi connectivity index (χ3n) is 8.36. The van der Waals surface area contributed by atoms with Crippen LogP contribution in [0, 0.1) is 16.7 Å². The molecule has 2 aromatic rings. The van der Waals surface area contributed by atoms with Crippen LogP contribution in [0.25, 0.3) is 5.69 Å². The van der Waals surface area contributed by atoms with Crippen LogP contribution in [0.5, 0.6) is 0 Å². The van der Waals surface area contributed by atoms with Crippen LogP contribution in [0.2, 0.25) is 0 Å². The van der Waals surface area contributed by atoms with Gasteiger partial charge in [-0.15, -0.1) is 0 Å². The molecule has 5 heteroatoms. The molecule has 0 radical (unpaired) electrons. The Kier molecular flexibility index (Phi) is 2.35. The van der Waals surface area contributed by atoms with Crippen molar-refractivity contribution in [2.24, 2.45) is 16.7 Å². The molecule has 1 saturated carbocycles. The molecule has 2 heterocycles. The van der Waals surface area contributed by atoms with Gasteiger partial charge in [-0.05, 0) is 38.8 Å². The lowest BCUT2D eigenvalue weighted by molar-refractivity contribution is -0.156. The molecular formula is C20H23N3O2. The van der Waals surface area contributed by atoms with Crippen molar-refractivity contribution in [2.45, 2.75) is 46.7 Å². The molecule has 1 spiro atoms. The van der Waals surface area contributed by atoms with Gasteiger partial charge in [-0.2, -0.15) is 0 Å². The van der Waals surface area contributed by atoms with Crippen molar-refractivity contribution in [3.05, 3.63) is 62.4 Å². The molecule has 0 amide bonds. The van der Waals surface area contributed by atoms with E-state index in [1.54, 1.807) is 9.36 Å². The van der Waals surface area contributed by atoms with Crippen LogP contribution in [0.3, 0.4) is 0 Å². The number of para-hydroxylation sites is 1. The number of aromatic nitrogens is 3. The predicted molar refractivity (Wildman–Crippen MR) is 96.0 cm³/mol. The third kappa shape index (κ3) is 1.12. The number of allylic oxidation sites excluding steroid dienone is 2. The van der Waals surface area contributed by atoms with Crippen molar-refractivity contribution >= 4 is 0 Å². The molecule has 0 unspecified atom stereocenters. The van der Waals surface area contributed by atoms with Gasteiger partial charge in [-0.3, -0.25) is 0 Å². The molecule has 0 N–H and O–H groups in total. The summed E-state index contributed by atoms with van der Waals surface area (Å²) < 4.78 is 4.77. The second-order valence-corrected chi connectivity index (χ2v) is 8.32. The van der Waals surface area contributed by atoms with Crippen LogP contribution in [0.15, 0.2) is 51.1 Å². The number of fused-ring (bicyclic) bond motifs is 1. The van der Waals surface area contributed by atoms with E-state index in [-0.39, 0.29) is 27.7 Å². The summed E-state index contributed by atoms with van der Waals surface area (Å²) in [7, 11) is 0. The summed E-state index contributed by atoms with van der Waals surface area (Å²) in [6.07, 6.45) is 0. The number of nitrogens with zero attached hydrogens (tertiary/aromatic N) is 3. The van der Waals surface area contributed by atoms with Crippen LogP contribution in [-0.4, -0.2) is 13.9 Å². The molecule has 1 aromatic heterocycles. The van der Waals surface area contributed by atoms with E-state index in [1.165, 1.54) is 15.7 Å². The molecular weight excluding hydrogens is 314 g/mol. The zero-order valence-corrected chi connectivity index (χ0v) is 15.3. The van der Waals surface area contributed by atoms with Crippen LogP contribution in [-0.2, 0) is 12.1 Å². The molecule has 0 saturated heterocycles. The van der Waals surface area contributed by atoms with Crippen molar-refractivity contribution in [1.82, 2.24) is 13.9 Å². The Morgan fingerprint density at radius 2 is 1.64 bits per heavy atom. The summed E-state index contributed by atoms with van der Waals surface area (Å²) >= 11 is 0. The highest BCUT2D eigenvalue weighted by atomic mass is 16.2. The molecule has 1 fully saturated rings. The maximum absolute atomic E-state index is 13.3. The zero-order chi connectivity index (χ0) is 17.9. The molecule has 3 aliphatic carbocycles. The van der Waals surface area contributed by atoms with E-state index in [1.807, 2.05) is 30.3 Å². The van der Waals surface area contributed by atoms with Crippen molar-refractivity contribution in [2.75, 3.05) is 0 Å². The fourth-order valence-corrected chi connectivity index (χ4v) is 6.73. The molecule has 4 atom stereocenters. The van der Waals surface area contributed by atoms with Crippen LogP contribution < -0.4 is 11.4 Å². The first-order valence-electron chi connectivity index (χ1n) is 8.94. The van der Waals surface area contributed by atoms with E-state index in [4.69, 9.17) is 0 Å². The lowest BCUT2D eigenvalue weighted by atomic mass is 9.39. The minimum Gasteiger partial charge on any atom is -0.246 e.